The Bertz CT molecular complexity index is 815. The minimum absolute atomic E-state index is 0.115. The molecule has 1 atom stereocenters. The fraction of sp³-hybridized carbons (Fsp3) is 0.429. The first-order valence-electron chi connectivity index (χ1n) is 9.27. The SMILES string of the molecule is CCSCCOC(=O)C1=C(C)NC2=C(C(=O)CCC2)C1c1ccccc1Br. The van der Waals surface area contributed by atoms with Crippen molar-refractivity contribution in [3.8, 4) is 0 Å². The Hall–Kier alpha value is -1.53. The highest BCUT2D eigenvalue weighted by molar-refractivity contribution is 9.10. The van der Waals surface area contributed by atoms with Crippen molar-refractivity contribution in [3.63, 3.8) is 0 Å². The summed E-state index contributed by atoms with van der Waals surface area (Å²) in [5.41, 5.74) is 3.90. The van der Waals surface area contributed by atoms with E-state index in [-0.39, 0.29) is 11.8 Å². The number of carbonyl (C=O) groups excluding carboxylic acids is 2. The van der Waals surface area contributed by atoms with Gasteiger partial charge >= 0.3 is 5.97 Å². The van der Waals surface area contributed by atoms with Crippen LogP contribution in [0.2, 0.25) is 0 Å². The van der Waals surface area contributed by atoms with E-state index in [2.05, 4.69) is 28.2 Å². The van der Waals surface area contributed by atoms with Crippen LogP contribution in [-0.4, -0.2) is 29.9 Å². The molecule has 0 saturated heterocycles. The summed E-state index contributed by atoms with van der Waals surface area (Å²) in [7, 11) is 0. The first kappa shape index (κ1) is 20.2. The van der Waals surface area contributed by atoms with Gasteiger partial charge in [-0.3, -0.25) is 4.79 Å². The van der Waals surface area contributed by atoms with Gasteiger partial charge in [0, 0.05) is 39.5 Å². The Balaban J connectivity index is 2.01. The van der Waals surface area contributed by atoms with E-state index in [0.29, 0.717) is 24.2 Å². The quantitative estimate of drug-likeness (QED) is 0.503. The van der Waals surface area contributed by atoms with E-state index >= 15 is 0 Å². The summed E-state index contributed by atoms with van der Waals surface area (Å²) in [6.45, 7) is 4.34. The number of carbonyl (C=O) groups is 2. The van der Waals surface area contributed by atoms with Crippen LogP contribution in [0.1, 0.15) is 44.6 Å². The van der Waals surface area contributed by atoms with E-state index in [1.807, 2.05) is 31.2 Å². The molecule has 4 nitrogen and oxygen atoms in total. The monoisotopic (exact) mass is 449 g/mol. The van der Waals surface area contributed by atoms with Gasteiger partial charge in [-0.25, -0.2) is 4.79 Å². The zero-order valence-electron chi connectivity index (χ0n) is 15.6. The Morgan fingerprint density at radius 1 is 1.33 bits per heavy atom. The van der Waals surface area contributed by atoms with Crippen LogP contribution in [-0.2, 0) is 14.3 Å². The standard InChI is InChI=1S/C21H24BrNO3S/c1-3-27-12-11-26-21(25)18-13(2)23-16-9-6-10-17(24)20(16)19(18)14-7-4-5-8-15(14)22/h4-5,7-8,19,23H,3,6,9-12H2,1-2H3. The van der Waals surface area contributed by atoms with Gasteiger partial charge in [-0.1, -0.05) is 41.1 Å². The first-order valence-corrected chi connectivity index (χ1v) is 11.2. The lowest BCUT2D eigenvalue weighted by molar-refractivity contribution is -0.138. The lowest BCUT2D eigenvalue weighted by atomic mass is 9.75. The predicted octanol–water partition coefficient (Wildman–Crippen LogP) is 4.71. The van der Waals surface area contributed by atoms with Crippen LogP contribution in [0.4, 0.5) is 0 Å². The molecular weight excluding hydrogens is 426 g/mol. The fourth-order valence-corrected chi connectivity index (χ4v) is 4.69. The van der Waals surface area contributed by atoms with Crippen molar-refractivity contribution in [2.24, 2.45) is 0 Å². The zero-order chi connectivity index (χ0) is 19.4. The third-order valence-electron chi connectivity index (χ3n) is 4.88. The zero-order valence-corrected chi connectivity index (χ0v) is 18.0. The smallest absolute Gasteiger partial charge is 0.336 e. The molecule has 1 aliphatic heterocycles. The molecule has 0 bridgehead atoms. The van der Waals surface area contributed by atoms with Crippen molar-refractivity contribution < 1.29 is 14.3 Å². The molecule has 1 unspecified atom stereocenters. The molecule has 6 heteroatoms. The van der Waals surface area contributed by atoms with Crippen LogP contribution in [0, 0.1) is 0 Å². The van der Waals surface area contributed by atoms with Crippen LogP contribution >= 0.6 is 27.7 Å². The van der Waals surface area contributed by atoms with Crippen LogP contribution < -0.4 is 5.32 Å². The third kappa shape index (κ3) is 4.32. The second-order valence-corrected chi connectivity index (χ2v) is 8.87. The number of ketones is 1. The molecule has 3 rings (SSSR count). The second kappa shape index (κ2) is 9.11. The summed E-state index contributed by atoms with van der Waals surface area (Å²) in [5.74, 6) is 1.14. The predicted molar refractivity (Wildman–Crippen MR) is 113 cm³/mol. The third-order valence-corrected chi connectivity index (χ3v) is 6.46. The fourth-order valence-electron chi connectivity index (χ4n) is 3.69. The summed E-state index contributed by atoms with van der Waals surface area (Å²) in [4.78, 5) is 25.8. The number of Topliss-reactive ketones (excluding diaryl/α,β-unsaturated/α-hetero) is 1. The minimum atomic E-state index is -0.393. The average molecular weight is 450 g/mol. The highest BCUT2D eigenvalue weighted by Crippen LogP contribution is 2.44. The molecule has 144 valence electrons. The van der Waals surface area contributed by atoms with E-state index < -0.39 is 5.92 Å². The largest absolute Gasteiger partial charge is 0.461 e. The molecule has 0 amide bonds. The van der Waals surface area contributed by atoms with Gasteiger partial charge in [-0.2, -0.15) is 11.8 Å². The van der Waals surface area contributed by atoms with E-state index in [4.69, 9.17) is 4.74 Å². The summed E-state index contributed by atoms with van der Waals surface area (Å²) < 4.78 is 6.44. The summed E-state index contributed by atoms with van der Waals surface area (Å²) in [5, 5.41) is 3.32. The molecule has 0 saturated carbocycles. The van der Waals surface area contributed by atoms with Gasteiger partial charge in [0.05, 0.1) is 5.57 Å². The van der Waals surface area contributed by atoms with E-state index in [1.54, 1.807) is 11.8 Å². The normalized spacial score (nSPS) is 19.7. The number of esters is 1. The van der Waals surface area contributed by atoms with E-state index in [0.717, 1.165) is 45.8 Å². The molecule has 0 radical (unpaired) electrons. The van der Waals surface area contributed by atoms with Gasteiger partial charge in [0.15, 0.2) is 5.78 Å². The van der Waals surface area contributed by atoms with Crippen molar-refractivity contribution in [1.82, 2.24) is 5.32 Å². The van der Waals surface area contributed by atoms with E-state index in [9.17, 15) is 9.59 Å². The highest BCUT2D eigenvalue weighted by Gasteiger charge is 2.39. The van der Waals surface area contributed by atoms with Crippen molar-refractivity contribution in [2.45, 2.75) is 39.0 Å². The van der Waals surface area contributed by atoms with E-state index in [1.165, 1.54) is 0 Å². The first-order chi connectivity index (χ1) is 13.0. The van der Waals surface area contributed by atoms with Crippen molar-refractivity contribution >= 4 is 39.4 Å². The molecule has 2 aliphatic rings. The highest BCUT2D eigenvalue weighted by atomic mass is 79.9. The number of hydrogen-bond donors (Lipinski definition) is 1. The van der Waals surface area contributed by atoms with Crippen LogP contribution in [0.15, 0.2) is 51.3 Å². The summed E-state index contributed by atoms with van der Waals surface area (Å²) in [6.07, 6.45) is 2.19. The van der Waals surface area contributed by atoms with Gasteiger partial charge in [-0.05, 0) is 37.1 Å². The lowest BCUT2D eigenvalue weighted by Crippen LogP contribution is -2.34. The number of hydrogen-bond acceptors (Lipinski definition) is 5. The molecule has 1 heterocycles. The van der Waals surface area contributed by atoms with Gasteiger partial charge < -0.3 is 10.1 Å². The Morgan fingerprint density at radius 2 is 2.11 bits per heavy atom. The minimum Gasteiger partial charge on any atom is -0.461 e. The number of benzene rings is 1. The molecular formula is C21H24BrNO3S. The number of nitrogens with one attached hydrogen (secondary N) is 1. The van der Waals surface area contributed by atoms with Crippen LogP contribution in [0.3, 0.4) is 0 Å². The number of ether oxygens (including phenoxy) is 1. The van der Waals surface area contributed by atoms with Crippen molar-refractivity contribution in [1.29, 1.82) is 0 Å². The topological polar surface area (TPSA) is 55.4 Å². The van der Waals surface area contributed by atoms with Gasteiger partial charge in [0.25, 0.3) is 0 Å². The maximum Gasteiger partial charge on any atom is 0.336 e. The maximum atomic E-state index is 13.0. The lowest BCUT2D eigenvalue weighted by Gasteiger charge is -2.34. The number of rotatable bonds is 6. The van der Waals surface area contributed by atoms with Crippen molar-refractivity contribution in [3.05, 3.63) is 56.8 Å². The Morgan fingerprint density at radius 3 is 2.85 bits per heavy atom. The molecule has 1 aliphatic carbocycles. The summed E-state index contributed by atoms with van der Waals surface area (Å²) >= 11 is 5.34. The summed E-state index contributed by atoms with van der Waals surface area (Å²) in [6, 6.07) is 7.79. The number of dihydropyridines is 1. The number of thioether (sulfide) groups is 1. The van der Waals surface area contributed by atoms with Gasteiger partial charge in [0.1, 0.15) is 6.61 Å². The molecule has 1 aromatic carbocycles. The Labute approximate surface area is 172 Å². The molecule has 0 aromatic heterocycles. The van der Waals surface area contributed by atoms with Gasteiger partial charge in [-0.15, -0.1) is 0 Å². The average Bonchev–Trinajstić information content (AvgIpc) is 2.65. The molecule has 1 aromatic rings. The van der Waals surface area contributed by atoms with Gasteiger partial charge in [0.2, 0.25) is 0 Å². The molecule has 0 fully saturated rings. The number of halogens is 1. The molecule has 1 N–H and O–H groups in total. The molecule has 27 heavy (non-hydrogen) atoms. The van der Waals surface area contributed by atoms with Crippen LogP contribution in [0.5, 0.6) is 0 Å². The van der Waals surface area contributed by atoms with Crippen molar-refractivity contribution in [2.75, 3.05) is 18.1 Å². The number of allylic oxidation sites excluding steroid dienone is 3. The maximum absolute atomic E-state index is 13.0. The second-order valence-electron chi connectivity index (χ2n) is 6.62. The van der Waals surface area contributed by atoms with Crippen LogP contribution in [0.25, 0.3) is 0 Å². The molecule has 0 spiro atoms. The Kier molecular flexibility index (Phi) is 6.82.